The number of aryl methyl sites for hydroxylation is 1. The highest BCUT2D eigenvalue weighted by Crippen LogP contribution is 2.29. The summed E-state index contributed by atoms with van der Waals surface area (Å²) in [7, 11) is 0. The van der Waals surface area contributed by atoms with Gasteiger partial charge in [0.15, 0.2) is 0 Å². The predicted molar refractivity (Wildman–Crippen MR) is 87.2 cm³/mol. The lowest BCUT2D eigenvalue weighted by Crippen LogP contribution is -2.24. The lowest BCUT2D eigenvalue weighted by Gasteiger charge is -2.26. The monoisotopic (exact) mass is 283 g/mol. The summed E-state index contributed by atoms with van der Waals surface area (Å²) in [6.45, 7) is 0.952. The minimum Gasteiger partial charge on any atom is -0.306 e. The first-order valence-corrected chi connectivity index (χ1v) is 8.53. The van der Waals surface area contributed by atoms with Gasteiger partial charge in [-0.15, -0.1) is 11.8 Å². The molecule has 0 aromatic heterocycles. The molecule has 1 atom stereocenters. The molecule has 0 radical (unpaired) electrons. The number of rotatable bonds is 4. The Hall–Kier alpha value is -1.25. The zero-order valence-electron chi connectivity index (χ0n) is 11.9. The van der Waals surface area contributed by atoms with Gasteiger partial charge in [0.2, 0.25) is 0 Å². The summed E-state index contributed by atoms with van der Waals surface area (Å²) in [5.74, 6) is 0. The Bertz CT molecular complexity index is 562. The average Bonchev–Trinajstić information content (AvgIpc) is 2.53. The van der Waals surface area contributed by atoms with Crippen LogP contribution in [0.1, 0.15) is 35.6 Å². The van der Waals surface area contributed by atoms with E-state index in [0.717, 1.165) is 6.54 Å². The maximum atomic E-state index is 3.72. The van der Waals surface area contributed by atoms with Crippen molar-refractivity contribution in [3.63, 3.8) is 0 Å². The van der Waals surface area contributed by atoms with Crippen molar-refractivity contribution in [3.05, 3.63) is 65.2 Å². The van der Waals surface area contributed by atoms with E-state index in [-0.39, 0.29) is 0 Å². The fraction of sp³-hybridized carbons (Fsp3) is 0.333. The van der Waals surface area contributed by atoms with Gasteiger partial charge in [0.1, 0.15) is 0 Å². The fourth-order valence-corrected chi connectivity index (χ4v) is 3.36. The molecule has 1 unspecified atom stereocenters. The number of nitrogens with one attached hydrogen (secondary N) is 1. The van der Waals surface area contributed by atoms with Crippen LogP contribution in [0, 0.1) is 0 Å². The van der Waals surface area contributed by atoms with Crippen LogP contribution in [0.5, 0.6) is 0 Å². The Morgan fingerprint density at radius 2 is 1.90 bits per heavy atom. The minimum atomic E-state index is 0.514. The summed E-state index contributed by atoms with van der Waals surface area (Å²) in [6.07, 6.45) is 5.89. The lowest BCUT2D eigenvalue weighted by molar-refractivity contribution is 0.459. The summed E-state index contributed by atoms with van der Waals surface area (Å²) in [6, 6.07) is 18.3. The summed E-state index contributed by atoms with van der Waals surface area (Å²) in [5, 5.41) is 3.72. The second-order valence-corrected chi connectivity index (χ2v) is 6.25. The van der Waals surface area contributed by atoms with Crippen molar-refractivity contribution in [3.8, 4) is 0 Å². The molecule has 20 heavy (non-hydrogen) atoms. The maximum Gasteiger partial charge on any atom is 0.0326 e. The van der Waals surface area contributed by atoms with Gasteiger partial charge < -0.3 is 5.32 Å². The molecule has 2 aromatic rings. The van der Waals surface area contributed by atoms with E-state index in [1.54, 1.807) is 11.8 Å². The second kappa shape index (κ2) is 6.47. The largest absolute Gasteiger partial charge is 0.306 e. The van der Waals surface area contributed by atoms with Crippen LogP contribution in [0.4, 0.5) is 0 Å². The molecule has 0 saturated heterocycles. The molecule has 1 N–H and O–H groups in total. The van der Waals surface area contributed by atoms with Crippen molar-refractivity contribution in [1.29, 1.82) is 0 Å². The van der Waals surface area contributed by atoms with E-state index in [1.165, 1.54) is 40.8 Å². The molecule has 0 saturated carbocycles. The standard InChI is InChI=1S/C18H21NS/c1-20-16-11-9-14(10-12-16)13-19-18-8-4-6-15-5-2-3-7-17(15)18/h2-3,5,7,9-12,18-19H,4,6,8,13H2,1H3. The normalized spacial score (nSPS) is 17.8. The van der Waals surface area contributed by atoms with E-state index >= 15 is 0 Å². The molecule has 0 spiro atoms. The van der Waals surface area contributed by atoms with Gasteiger partial charge in [-0.3, -0.25) is 0 Å². The summed E-state index contributed by atoms with van der Waals surface area (Å²) < 4.78 is 0. The van der Waals surface area contributed by atoms with Gasteiger partial charge >= 0.3 is 0 Å². The van der Waals surface area contributed by atoms with E-state index in [0.29, 0.717) is 6.04 Å². The SMILES string of the molecule is CSc1ccc(CNC2CCCc3ccccc32)cc1. The predicted octanol–water partition coefficient (Wildman–Crippen LogP) is 4.58. The molecule has 104 valence electrons. The first kappa shape index (κ1) is 13.7. The molecule has 1 aliphatic carbocycles. The first-order valence-electron chi connectivity index (χ1n) is 7.31. The first-order chi connectivity index (χ1) is 9.86. The van der Waals surface area contributed by atoms with E-state index in [2.05, 4.69) is 60.1 Å². The Morgan fingerprint density at radius 1 is 1.10 bits per heavy atom. The molecular formula is C18H21NS. The molecule has 2 aromatic carbocycles. The Morgan fingerprint density at radius 3 is 2.70 bits per heavy atom. The number of fused-ring (bicyclic) bond motifs is 1. The highest BCUT2D eigenvalue weighted by atomic mass is 32.2. The zero-order valence-corrected chi connectivity index (χ0v) is 12.7. The molecule has 1 aliphatic rings. The minimum absolute atomic E-state index is 0.514. The third kappa shape index (κ3) is 3.08. The van der Waals surface area contributed by atoms with E-state index in [4.69, 9.17) is 0 Å². The summed E-state index contributed by atoms with van der Waals surface area (Å²) in [4.78, 5) is 1.33. The topological polar surface area (TPSA) is 12.0 Å². The fourth-order valence-electron chi connectivity index (χ4n) is 2.95. The van der Waals surface area contributed by atoms with Crippen molar-refractivity contribution in [1.82, 2.24) is 5.32 Å². The van der Waals surface area contributed by atoms with Gasteiger partial charge in [0.25, 0.3) is 0 Å². The van der Waals surface area contributed by atoms with E-state index in [1.807, 2.05) is 0 Å². The van der Waals surface area contributed by atoms with Gasteiger partial charge in [-0.25, -0.2) is 0 Å². The Balaban J connectivity index is 1.66. The van der Waals surface area contributed by atoms with Crippen molar-refractivity contribution in [2.24, 2.45) is 0 Å². The summed E-state index contributed by atoms with van der Waals surface area (Å²) in [5.41, 5.74) is 4.39. The zero-order chi connectivity index (χ0) is 13.8. The van der Waals surface area contributed by atoms with Gasteiger partial charge in [-0.05, 0) is 54.3 Å². The van der Waals surface area contributed by atoms with Crippen LogP contribution < -0.4 is 5.32 Å². The smallest absolute Gasteiger partial charge is 0.0326 e. The molecule has 2 heteroatoms. The highest BCUT2D eigenvalue weighted by molar-refractivity contribution is 7.98. The van der Waals surface area contributed by atoms with Crippen LogP contribution in [-0.2, 0) is 13.0 Å². The van der Waals surface area contributed by atoms with Gasteiger partial charge in [-0.2, -0.15) is 0 Å². The molecule has 1 nitrogen and oxygen atoms in total. The van der Waals surface area contributed by atoms with Gasteiger partial charge in [0, 0.05) is 17.5 Å². The van der Waals surface area contributed by atoms with Crippen molar-refractivity contribution < 1.29 is 0 Å². The summed E-state index contributed by atoms with van der Waals surface area (Å²) >= 11 is 1.79. The van der Waals surface area contributed by atoms with Crippen LogP contribution in [0.3, 0.4) is 0 Å². The lowest BCUT2D eigenvalue weighted by atomic mass is 9.87. The quantitative estimate of drug-likeness (QED) is 0.825. The van der Waals surface area contributed by atoms with E-state index in [9.17, 15) is 0 Å². The molecule has 0 bridgehead atoms. The number of hydrogen-bond acceptors (Lipinski definition) is 2. The van der Waals surface area contributed by atoms with Crippen LogP contribution >= 0.6 is 11.8 Å². The molecule has 0 aliphatic heterocycles. The molecule has 0 heterocycles. The number of hydrogen-bond donors (Lipinski definition) is 1. The maximum absolute atomic E-state index is 3.72. The second-order valence-electron chi connectivity index (χ2n) is 5.37. The average molecular weight is 283 g/mol. The third-order valence-electron chi connectivity index (χ3n) is 4.08. The van der Waals surface area contributed by atoms with Crippen LogP contribution in [-0.4, -0.2) is 6.26 Å². The number of benzene rings is 2. The van der Waals surface area contributed by atoms with Gasteiger partial charge in [-0.1, -0.05) is 36.4 Å². The van der Waals surface area contributed by atoms with Crippen molar-refractivity contribution in [2.75, 3.05) is 6.26 Å². The number of thioether (sulfide) groups is 1. The molecular weight excluding hydrogens is 262 g/mol. The molecule has 3 rings (SSSR count). The molecule has 0 amide bonds. The van der Waals surface area contributed by atoms with Crippen molar-refractivity contribution in [2.45, 2.75) is 36.7 Å². The van der Waals surface area contributed by atoms with E-state index < -0.39 is 0 Å². The Kier molecular flexibility index (Phi) is 4.44. The van der Waals surface area contributed by atoms with Crippen LogP contribution in [0.15, 0.2) is 53.4 Å². The van der Waals surface area contributed by atoms with Crippen molar-refractivity contribution >= 4 is 11.8 Å². The highest BCUT2D eigenvalue weighted by Gasteiger charge is 2.18. The van der Waals surface area contributed by atoms with Crippen LogP contribution in [0.2, 0.25) is 0 Å². The molecule has 0 fully saturated rings. The Labute approximate surface area is 125 Å². The van der Waals surface area contributed by atoms with Crippen LogP contribution in [0.25, 0.3) is 0 Å². The van der Waals surface area contributed by atoms with Gasteiger partial charge in [0.05, 0.1) is 0 Å². The third-order valence-corrected chi connectivity index (χ3v) is 4.82.